The van der Waals surface area contributed by atoms with Crippen LogP contribution in [0.15, 0.2) is 72.8 Å². The summed E-state index contributed by atoms with van der Waals surface area (Å²) >= 11 is 0. The monoisotopic (exact) mass is 568 g/mol. The van der Waals surface area contributed by atoms with E-state index >= 15 is 0 Å². The van der Waals surface area contributed by atoms with Crippen molar-refractivity contribution in [2.24, 2.45) is 0 Å². The molecule has 214 valence electrons. The zero-order valence-corrected chi connectivity index (χ0v) is 22.8. The van der Waals surface area contributed by atoms with Gasteiger partial charge in [-0.1, -0.05) is 42.5 Å². The van der Waals surface area contributed by atoms with E-state index in [2.05, 4.69) is 10.3 Å². The normalized spacial score (nSPS) is 19.3. The van der Waals surface area contributed by atoms with Gasteiger partial charge in [0.25, 0.3) is 11.8 Å². The number of nitrogens with one attached hydrogen (secondary N) is 2. The van der Waals surface area contributed by atoms with Gasteiger partial charge in [-0.3, -0.25) is 14.5 Å². The van der Waals surface area contributed by atoms with Gasteiger partial charge in [-0.15, -0.1) is 0 Å². The van der Waals surface area contributed by atoms with Gasteiger partial charge in [0.1, 0.15) is 17.8 Å². The molecule has 11 nitrogen and oxygen atoms in total. The van der Waals surface area contributed by atoms with Gasteiger partial charge >= 0.3 is 12.0 Å². The summed E-state index contributed by atoms with van der Waals surface area (Å²) in [6.45, 7) is 1.24. The third-order valence-corrected chi connectivity index (χ3v) is 7.91. The summed E-state index contributed by atoms with van der Waals surface area (Å²) in [5, 5.41) is 22.6. The zero-order chi connectivity index (χ0) is 29.7. The maximum absolute atomic E-state index is 14.2. The summed E-state index contributed by atoms with van der Waals surface area (Å²) in [6, 6.07) is 17.4. The van der Waals surface area contributed by atoms with Gasteiger partial charge in [-0.05, 0) is 48.4 Å². The number of aromatic nitrogens is 1. The second kappa shape index (κ2) is 10.3. The maximum atomic E-state index is 14.2. The van der Waals surface area contributed by atoms with Crippen molar-refractivity contribution in [2.75, 3.05) is 12.0 Å². The number of carbonyl (C=O) groups excluding carboxylic acids is 3. The smallest absolute Gasteiger partial charge is 0.332 e. The van der Waals surface area contributed by atoms with Gasteiger partial charge in [0.15, 0.2) is 6.04 Å². The fourth-order valence-corrected chi connectivity index (χ4v) is 5.90. The van der Waals surface area contributed by atoms with Crippen molar-refractivity contribution < 1.29 is 34.1 Å². The number of rotatable bonds is 7. The second-order valence-electron chi connectivity index (χ2n) is 10.4. The molecule has 42 heavy (non-hydrogen) atoms. The third-order valence-electron chi connectivity index (χ3n) is 7.91. The van der Waals surface area contributed by atoms with E-state index in [9.17, 15) is 29.4 Å². The van der Waals surface area contributed by atoms with Crippen molar-refractivity contribution in [1.82, 2.24) is 15.2 Å². The van der Waals surface area contributed by atoms with Crippen molar-refractivity contribution in [3.8, 4) is 5.75 Å². The van der Waals surface area contributed by atoms with Crippen LogP contribution in [-0.2, 0) is 16.0 Å². The molecule has 11 heteroatoms. The number of hydrogen-bond donors (Lipinski definition) is 4. The minimum absolute atomic E-state index is 0.0242. The lowest BCUT2D eigenvalue weighted by molar-refractivity contribution is -0.141. The van der Waals surface area contributed by atoms with Gasteiger partial charge in [0.05, 0.1) is 24.5 Å². The van der Waals surface area contributed by atoms with Gasteiger partial charge in [0, 0.05) is 23.0 Å². The van der Waals surface area contributed by atoms with E-state index < -0.39 is 48.0 Å². The van der Waals surface area contributed by atoms with Gasteiger partial charge < -0.3 is 25.3 Å². The van der Waals surface area contributed by atoms with Crippen LogP contribution in [0.3, 0.4) is 0 Å². The average Bonchev–Trinajstić information content (AvgIpc) is 3.48. The first-order valence-electron chi connectivity index (χ1n) is 13.4. The van der Waals surface area contributed by atoms with Crippen LogP contribution in [0.2, 0.25) is 0 Å². The Hall–Kier alpha value is -5.16. The van der Waals surface area contributed by atoms with E-state index in [1.165, 1.54) is 24.0 Å². The number of amides is 4. The highest BCUT2D eigenvalue weighted by molar-refractivity contribution is 6.24. The van der Waals surface area contributed by atoms with E-state index in [1.807, 2.05) is 36.4 Å². The molecule has 6 rings (SSSR count). The maximum Gasteiger partial charge on any atom is 0.332 e. The molecule has 4 atom stereocenters. The molecule has 0 aliphatic carbocycles. The molecule has 3 aromatic carbocycles. The topological polar surface area (TPSA) is 152 Å². The number of imide groups is 1. The van der Waals surface area contributed by atoms with Crippen molar-refractivity contribution in [1.29, 1.82) is 0 Å². The van der Waals surface area contributed by atoms with E-state index in [0.29, 0.717) is 5.75 Å². The molecule has 4 aromatic rings. The molecule has 0 saturated carbocycles. The Morgan fingerprint density at radius 2 is 1.71 bits per heavy atom. The summed E-state index contributed by atoms with van der Waals surface area (Å²) < 4.78 is 5.33. The minimum Gasteiger partial charge on any atom is -0.497 e. The number of nitrogens with zero attached hydrogens (tertiary/aromatic N) is 2. The number of aliphatic hydroxyl groups excluding tert-OH is 1. The Labute approximate surface area is 240 Å². The Bertz CT molecular complexity index is 1730. The number of aliphatic hydroxyl groups is 1. The number of fused-ring (bicyclic) bond motifs is 4. The largest absolute Gasteiger partial charge is 0.497 e. The van der Waals surface area contributed by atoms with Crippen LogP contribution in [0.25, 0.3) is 10.9 Å². The lowest BCUT2D eigenvalue weighted by Gasteiger charge is -2.36. The number of carbonyl (C=O) groups is 4. The molecular formula is C31H28N4O7. The Balaban J connectivity index is 1.44. The van der Waals surface area contributed by atoms with E-state index in [-0.39, 0.29) is 17.7 Å². The number of aliphatic carboxylic acids is 1. The Kier molecular flexibility index (Phi) is 6.66. The fourth-order valence-electron chi connectivity index (χ4n) is 5.90. The lowest BCUT2D eigenvalue weighted by atomic mass is 9.89. The molecule has 4 amide bonds. The molecule has 0 bridgehead atoms. The van der Waals surface area contributed by atoms with Gasteiger partial charge in [-0.2, -0.15) is 0 Å². The molecule has 1 saturated heterocycles. The number of carboxylic acids is 1. The van der Waals surface area contributed by atoms with Crippen LogP contribution in [-0.4, -0.2) is 69.2 Å². The molecular weight excluding hydrogens is 540 g/mol. The van der Waals surface area contributed by atoms with Crippen LogP contribution < -0.4 is 15.0 Å². The summed E-state index contributed by atoms with van der Waals surface area (Å²) in [6.07, 6.45) is -1.11. The van der Waals surface area contributed by atoms with Crippen LogP contribution >= 0.6 is 0 Å². The van der Waals surface area contributed by atoms with Gasteiger partial charge in [-0.25, -0.2) is 14.5 Å². The molecule has 1 aromatic heterocycles. The lowest BCUT2D eigenvalue weighted by Crippen LogP contribution is -2.48. The summed E-state index contributed by atoms with van der Waals surface area (Å²) in [7, 11) is 1.56. The van der Waals surface area contributed by atoms with Gasteiger partial charge in [0.2, 0.25) is 0 Å². The highest BCUT2D eigenvalue weighted by Gasteiger charge is 2.53. The second-order valence-corrected chi connectivity index (χ2v) is 10.4. The van der Waals surface area contributed by atoms with Crippen molar-refractivity contribution in [2.45, 2.75) is 37.6 Å². The van der Waals surface area contributed by atoms with E-state index in [1.54, 1.807) is 31.4 Å². The van der Waals surface area contributed by atoms with Crippen LogP contribution in [0, 0.1) is 0 Å². The molecule has 0 unspecified atom stereocenters. The summed E-state index contributed by atoms with van der Waals surface area (Å²) in [5.74, 6) is -2.12. The molecule has 0 spiro atoms. The Morgan fingerprint density at radius 3 is 2.40 bits per heavy atom. The number of benzene rings is 3. The highest BCUT2D eigenvalue weighted by Crippen LogP contribution is 2.45. The van der Waals surface area contributed by atoms with E-state index in [4.69, 9.17) is 4.74 Å². The van der Waals surface area contributed by atoms with Crippen molar-refractivity contribution in [3.63, 3.8) is 0 Å². The SMILES string of the molecule is COc1ccc([C@H]2c3[nH]c4ccccc4c3C[C@H]3C(=O)N(c4ccccc4C(=O)N[C@@H](C(=O)O)[C@H](C)O)C(=O)N23)cc1. The molecule has 2 aliphatic rings. The number of para-hydroxylation sites is 2. The zero-order valence-electron chi connectivity index (χ0n) is 22.8. The predicted octanol–water partition coefficient (Wildman–Crippen LogP) is 3.22. The van der Waals surface area contributed by atoms with Crippen molar-refractivity contribution in [3.05, 3.63) is 95.2 Å². The summed E-state index contributed by atoms with van der Waals surface area (Å²) in [4.78, 5) is 59.1. The standard InChI is InChI=1S/C31H28N4O7/c1-16(36)25(30(39)40)33-28(37)20-8-4-6-10-23(20)35-29(38)24-15-21-19-7-3-5-9-22(19)32-26(21)27(34(24)31(35)41)17-11-13-18(42-2)14-12-17/h3-14,16,24-25,27,32,36H,15H2,1-2H3,(H,33,37)(H,39,40)/t16-,24-,25+,27-/m0/s1. The number of urea groups is 1. The number of H-pyrrole nitrogens is 1. The number of ether oxygens (including phenoxy) is 1. The fraction of sp³-hybridized carbons (Fsp3) is 0.226. The molecule has 0 radical (unpaired) electrons. The minimum atomic E-state index is -1.58. The Morgan fingerprint density at radius 1 is 1.02 bits per heavy atom. The number of carboxylic acid groups (broad SMARTS) is 1. The third kappa shape index (κ3) is 4.25. The molecule has 4 N–H and O–H groups in total. The van der Waals surface area contributed by atoms with Crippen molar-refractivity contribution >= 4 is 40.4 Å². The average molecular weight is 569 g/mol. The van der Waals surface area contributed by atoms with E-state index in [0.717, 1.165) is 32.6 Å². The first kappa shape index (κ1) is 27.0. The summed E-state index contributed by atoms with van der Waals surface area (Å²) in [5.41, 5.74) is 3.35. The first-order valence-corrected chi connectivity index (χ1v) is 13.4. The molecule has 3 heterocycles. The first-order chi connectivity index (χ1) is 20.2. The number of hydrogen-bond acceptors (Lipinski definition) is 6. The number of methoxy groups -OCH3 is 1. The highest BCUT2D eigenvalue weighted by atomic mass is 16.5. The number of anilines is 1. The number of aromatic amines is 1. The van der Waals surface area contributed by atoms with Crippen LogP contribution in [0.5, 0.6) is 5.75 Å². The quantitative estimate of drug-likeness (QED) is 0.250. The predicted molar refractivity (Wildman–Crippen MR) is 152 cm³/mol. The van der Waals surface area contributed by atoms with Crippen LogP contribution in [0.4, 0.5) is 10.5 Å². The molecule has 2 aliphatic heterocycles. The molecule has 1 fully saturated rings. The van der Waals surface area contributed by atoms with Crippen LogP contribution in [0.1, 0.15) is 40.1 Å².